The molecule has 0 bridgehead atoms. The molecule has 7 atom stereocenters. The number of carbonyl (C=O) groups excluding carboxylic acids is 1. The summed E-state index contributed by atoms with van der Waals surface area (Å²) in [5.41, 5.74) is 1.03. The van der Waals surface area contributed by atoms with Gasteiger partial charge in [-0.15, -0.1) is 0 Å². The van der Waals surface area contributed by atoms with Crippen molar-refractivity contribution in [2.45, 2.75) is 71.0 Å². The Bertz CT molecular complexity index is 539. The quantitative estimate of drug-likeness (QED) is 0.677. The number of hydrogen-bond donors (Lipinski definition) is 2. The van der Waals surface area contributed by atoms with E-state index < -0.39 is 11.5 Å². The summed E-state index contributed by atoms with van der Waals surface area (Å²) in [4.78, 5) is 12.4. The van der Waals surface area contributed by atoms with Gasteiger partial charge in [-0.1, -0.05) is 18.6 Å². The molecule has 3 nitrogen and oxygen atoms in total. The van der Waals surface area contributed by atoms with Crippen LogP contribution in [0.15, 0.2) is 11.6 Å². The Kier molecular flexibility index (Phi) is 3.16. The summed E-state index contributed by atoms with van der Waals surface area (Å²) in [5.74, 6) is 1.63. The predicted molar refractivity (Wildman–Crippen MR) is 84.1 cm³/mol. The first-order chi connectivity index (χ1) is 10.4. The smallest absolute Gasteiger partial charge is 0.141 e. The number of fused-ring (bicyclic) bond motifs is 5. The summed E-state index contributed by atoms with van der Waals surface area (Å²) in [7, 11) is 0. The maximum Gasteiger partial charge on any atom is 0.141 e. The van der Waals surface area contributed by atoms with Gasteiger partial charge in [-0.3, -0.25) is 4.79 Å². The fourth-order valence-corrected chi connectivity index (χ4v) is 6.39. The van der Waals surface area contributed by atoms with Crippen molar-refractivity contribution in [1.29, 1.82) is 0 Å². The monoisotopic (exact) mass is 304 g/mol. The van der Waals surface area contributed by atoms with Gasteiger partial charge in [0.1, 0.15) is 5.78 Å². The number of aliphatic hydroxyl groups excluding tert-OH is 2. The fourth-order valence-electron chi connectivity index (χ4n) is 6.39. The highest BCUT2D eigenvalue weighted by Crippen LogP contribution is 2.63. The van der Waals surface area contributed by atoms with E-state index in [1.54, 1.807) is 0 Å². The molecule has 0 amide bonds. The molecule has 0 aromatic carbocycles. The molecule has 0 heterocycles. The molecule has 22 heavy (non-hydrogen) atoms. The second-order valence-electron chi connectivity index (χ2n) is 8.65. The van der Waals surface area contributed by atoms with E-state index in [4.69, 9.17) is 0 Å². The number of aliphatic hydroxyl groups is 2. The summed E-state index contributed by atoms with van der Waals surface area (Å²) in [6.45, 7) is 4.35. The van der Waals surface area contributed by atoms with Crippen molar-refractivity contribution in [3.05, 3.63) is 11.6 Å². The van der Waals surface area contributed by atoms with Crippen molar-refractivity contribution in [3.63, 3.8) is 0 Å². The molecule has 0 unspecified atom stereocenters. The predicted octanol–water partition coefficient (Wildman–Crippen LogP) is 2.85. The molecule has 0 aromatic heterocycles. The highest BCUT2D eigenvalue weighted by Gasteiger charge is 2.62. The summed E-state index contributed by atoms with van der Waals surface area (Å²) in [6, 6.07) is 0. The highest BCUT2D eigenvalue weighted by atomic mass is 16.3. The van der Waals surface area contributed by atoms with Crippen LogP contribution < -0.4 is 0 Å². The SMILES string of the molecule is C[C@@]12C(=O)CC[C@H]1[C@@H]1CC=C3C[C@@H](O)CC[C@]3(C)[C@H]1C[C@@H]2O. The normalized spacial score (nSPS) is 54.3. The van der Waals surface area contributed by atoms with E-state index in [2.05, 4.69) is 13.0 Å². The van der Waals surface area contributed by atoms with Crippen molar-refractivity contribution in [2.75, 3.05) is 0 Å². The largest absolute Gasteiger partial charge is 0.393 e. The Labute approximate surface area is 132 Å². The molecular weight excluding hydrogens is 276 g/mol. The van der Waals surface area contributed by atoms with Crippen LogP contribution in [0.4, 0.5) is 0 Å². The van der Waals surface area contributed by atoms with Crippen LogP contribution in [0.25, 0.3) is 0 Å². The molecule has 4 rings (SSSR count). The number of ketones is 1. The third-order valence-corrected chi connectivity index (χ3v) is 7.90. The van der Waals surface area contributed by atoms with E-state index in [0.717, 1.165) is 38.5 Å². The second kappa shape index (κ2) is 4.67. The van der Waals surface area contributed by atoms with E-state index in [1.807, 2.05) is 6.92 Å². The van der Waals surface area contributed by atoms with E-state index in [0.29, 0.717) is 24.2 Å². The van der Waals surface area contributed by atoms with Crippen LogP contribution in [0.1, 0.15) is 58.8 Å². The molecule has 0 aliphatic heterocycles. The van der Waals surface area contributed by atoms with Gasteiger partial charge in [-0.25, -0.2) is 0 Å². The molecule has 0 aromatic rings. The van der Waals surface area contributed by atoms with Gasteiger partial charge < -0.3 is 10.2 Å². The fraction of sp³-hybridized carbons (Fsp3) is 0.842. The van der Waals surface area contributed by atoms with Crippen LogP contribution in [0.3, 0.4) is 0 Å². The summed E-state index contributed by atoms with van der Waals surface area (Å²) in [5, 5.41) is 20.8. The lowest BCUT2D eigenvalue weighted by Gasteiger charge is -2.58. The average molecular weight is 304 g/mol. The van der Waals surface area contributed by atoms with Crippen molar-refractivity contribution in [3.8, 4) is 0 Å². The summed E-state index contributed by atoms with van der Waals surface area (Å²) >= 11 is 0. The molecule has 0 radical (unpaired) electrons. The van der Waals surface area contributed by atoms with E-state index in [-0.39, 0.29) is 17.3 Å². The molecule has 0 spiro atoms. The average Bonchev–Trinajstić information content (AvgIpc) is 2.79. The summed E-state index contributed by atoms with van der Waals surface area (Å²) < 4.78 is 0. The number of rotatable bonds is 0. The van der Waals surface area contributed by atoms with Gasteiger partial charge in [0.05, 0.1) is 17.6 Å². The molecule has 122 valence electrons. The third kappa shape index (κ3) is 1.73. The minimum atomic E-state index is -0.503. The Morgan fingerprint density at radius 3 is 2.73 bits per heavy atom. The summed E-state index contributed by atoms with van der Waals surface area (Å²) in [6.07, 6.45) is 7.76. The van der Waals surface area contributed by atoms with E-state index in [9.17, 15) is 15.0 Å². The van der Waals surface area contributed by atoms with Crippen molar-refractivity contribution < 1.29 is 15.0 Å². The molecule has 4 aliphatic carbocycles. The van der Waals surface area contributed by atoms with Crippen LogP contribution in [-0.4, -0.2) is 28.2 Å². The maximum absolute atomic E-state index is 12.4. The first-order valence-electron chi connectivity index (χ1n) is 8.96. The van der Waals surface area contributed by atoms with Gasteiger partial charge in [0.15, 0.2) is 0 Å². The highest BCUT2D eigenvalue weighted by molar-refractivity contribution is 5.87. The van der Waals surface area contributed by atoms with Gasteiger partial charge in [-0.05, 0) is 68.6 Å². The molecular formula is C19H28O3. The lowest BCUT2D eigenvalue weighted by molar-refractivity contribution is -0.149. The lowest BCUT2D eigenvalue weighted by Crippen LogP contribution is -2.56. The van der Waals surface area contributed by atoms with Gasteiger partial charge >= 0.3 is 0 Å². The minimum absolute atomic E-state index is 0.121. The van der Waals surface area contributed by atoms with Crippen LogP contribution >= 0.6 is 0 Å². The molecule has 2 N–H and O–H groups in total. The van der Waals surface area contributed by atoms with Gasteiger partial charge in [0.2, 0.25) is 0 Å². The standard InChI is InChI=1S/C19H28O3/c1-18-8-7-12(20)9-11(18)3-4-13-14-5-6-16(21)19(14,2)17(22)10-15(13)18/h3,12-15,17,20,22H,4-10H2,1-2H3/t12-,13-,14-,15-,17-,18-,19-/m0/s1. The third-order valence-electron chi connectivity index (χ3n) is 7.90. The minimum Gasteiger partial charge on any atom is -0.393 e. The Hall–Kier alpha value is -0.670. The van der Waals surface area contributed by atoms with E-state index >= 15 is 0 Å². The number of Topliss-reactive ketones (excluding diaryl/α,β-unsaturated/α-hetero) is 1. The zero-order valence-corrected chi connectivity index (χ0v) is 13.7. The van der Waals surface area contributed by atoms with Crippen molar-refractivity contribution in [1.82, 2.24) is 0 Å². The lowest BCUT2D eigenvalue weighted by atomic mass is 9.47. The first kappa shape index (κ1) is 14.9. The second-order valence-corrected chi connectivity index (χ2v) is 8.65. The molecule has 3 fully saturated rings. The van der Waals surface area contributed by atoms with Crippen molar-refractivity contribution in [2.24, 2.45) is 28.6 Å². The Morgan fingerprint density at radius 2 is 1.95 bits per heavy atom. The topological polar surface area (TPSA) is 57.5 Å². The zero-order valence-electron chi connectivity index (χ0n) is 13.7. The van der Waals surface area contributed by atoms with E-state index in [1.165, 1.54) is 5.57 Å². The van der Waals surface area contributed by atoms with Crippen LogP contribution in [0.2, 0.25) is 0 Å². The van der Waals surface area contributed by atoms with Crippen LogP contribution in [0.5, 0.6) is 0 Å². The van der Waals surface area contributed by atoms with Crippen LogP contribution in [-0.2, 0) is 4.79 Å². The van der Waals surface area contributed by atoms with Gasteiger partial charge in [-0.2, -0.15) is 0 Å². The Balaban J connectivity index is 1.73. The number of hydrogen-bond acceptors (Lipinski definition) is 3. The number of carbonyl (C=O) groups is 1. The van der Waals surface area contributed by atoms with Crippen LogP contribution in [0, 0.1) is 28.6 Å². The molecule has 4 aliphatic rings. The number of allylic oxidation sites excluding steroid dienone is 1. The molecule has 3 heteroatoms. The van der Waals surface area contributed by atoms with Gasteiger partial charge in [0, 0.05) is 6.42 Å². The zero-order chi connectivity index (χ0) is 15.7. The maximum atomic E-state index is 12.4. The van der Waals surface area contributed by atoms with Gasteiger partial charge in [0.25, 0.3) is 0 Å². The first-order valence-corrected chi connectivity index (χ1v) is 8.96. The molecule has 0 saturated heterocycles. The molecule has 3 saturated carbocycles. The van der Waals surface area contributed by atoms with Crippen molar-refractivity contribution >= 4 is 5.78 Å². The Morgan fingerprint density at radius 1 is 1.18 bits per heavy atom.